The van der Waals surface area contributed by atoms with Crippen molar-refractivity contribution in [1.82, 2.24) is 15.2 Å². The van der Waals surface area contributed by atoms with Crippen LogP contribution in [0.15, 0.2) is 30.3 Å². The van der Waals surface area contributed by atoms with Gasteiger partial charge in [-0.2, -0.15) is 0 Å². The number of methoxy groups -OCH3 is 1. The fourth-order valence-electron chi connectivity index (χ4n) is 3.73. The van der Waals surface area contributed by atoms with Gasteiger partial charge in [0.2, 0.25) is 11.8 Å². The van der Waals surface area contributed by atoms with E-state index >= 15 is 0 Å². The lowest BCUT2D eigenvalue weighted by Gasteiger charge is -2.29. The minimum atomic E-state index is -0.653. The third kappa shape index (κ3) is 3.26. The molecule has 29 heavy (non-hydrogen) atoms. The van der Waals surface area contributed by atoms with Crippen LogP contribution in [-0.2, 0) is 20.9 Å². The topological polar surface area (TPSA) is 106 Å². The highest BCUT2D eigenvalue weighted by molar-refractivity contribution is 6.05. The number of nitrogens with zero attached hydrogens (tertiary/aromatic N) is 2. The molecule has 0 saturated carbocycles. The van der Waals surface area contributed by atoms with Crippen LogP contribution < -0.4 is 5.32 Å². The van der Waals surface area contributed by atoms with Crippen molar-refractivity contribution in [2.45, 2.75) is 32.4 Å². The van der Waals surface area contributed by atoms with Gasteiger partial charge in [-0.15, -0.1) is 0 Å². The maximum atomic E-state index is 12.8. The molecular formula is C21H19N3O5. The van der Waals surface area contributed by atoms with E-state index in [1.807, 2.05) is 6.07 Å². The fraction of sp³-hybridized carbons (Fsp3) is 0.286. The first-order chi connectivity index (χ1) is 13.9. The van der Waals surface area contributed by atoms with E-state index in [4.69, 9.17) is 4.74 Å². The maximum absolute atomic E-state index is 12.8. The molecule has 0 bridgehead atoms. The molecule has 3 heterocycles. The van der Waals surface area contributed by atoms with Gasteiger partial charge in [-0.3, -0.25) is 19.7 Å². The Kier molecular flexibility index (Phi) is 4.62. The van der Waals surface area contributed by atoms with Gasteiger partial charge >= 0.3 is 5.97 Å². The van der Waals surface area contributed by atoms with Crippen LogP contribution in [0.4, 0.5) is 0 Å². The molecule has 0 aliphatic carbocycles. The number of carbonyl (C=O) groups is 4. The Bertz CT molecular complexity index is 1060. The van der Waals surface area contributed by atoms with Gasteiger partial charge in [-0.25, -0.2) is 9.78 Å². The highest BCUT2D eigenvalue weighted by Crippen LogP contribution is 2.31. The first-order valence-corrected chi connectivity index (χ1v) is 9.23. The normalized spacial score (nSPS) is 18.5. The lowest BCUT2D eigenvalue weighted by molar-refractivity contribution is -0.136. The van der Waals surface area contributed by atoms with Crippen molar-refractivity contribution in [3.8, 4) is 11.3 Å². The number of aromatic nitrogens is 1. The molecule has 8 heteroatoms. The van der Waals surface area contributed by atoms with E-state index in [1.54, 1.807) is 31.2 Å². The van der Waals surface area contributed by atoms with Crippen LogP contribution in [0.25, 0.3) is 11.3 Å². The molecule has 8 nitrogen and oxygen atoms in total. The fourth-order valence-corrected chi connectivity index (χ4v) is 3.73. The molecule has 2 aliphatic heterocycles. The second-order valence-electron chi connectivity index (χ2n) is 7.13. The van der Waals surface area contributed by atoms with E-state index in [2.05, 4.69) is 10.3 Å². The number of benzene rings is 1. The Morgan fingerprint density at radius 1 is 1.21 bits per heavy atom. The van der Waals surface area contributed by atoms with Crippen molar-refractivity contribution in [2.24, 2.45) is 0 Å². The summed E-state index contributed by atoms with van der Waals surface area (Å²) in [6.07, 6.45) is 0.532. The summed E-state index contributed by atoms with van der Waals surface area (Å²) in [7, 11) is 1.31. The summed E-state index contributed by atoms with van der Waals surface area (Å²) >= 11 is 0. The average Bonchev–Trinajstić information content (AvgIpc) is 3.03. The maximum Gasteiger partial charge on any atom is 0.356 e. The van der Waals surface area contributed by atoms with Crippen molar-refractivity contribution in [3.63, 3.8) is 0 Å². The van der Waals surface area contributed by atoms with Crippen LogP contribution >= 0.6 is 0 Å². The first-order valence-electron chi connectivity index (χ1n) is 9.23. The molecule has 0 radical (unpaired) electrons. The standard InChI is InChI=1S/C21H19N3O5/c1-11-3-6-15(22-18(11)21(28)29-2)12-4-5-14-13(9-12)10-24(20(14)27)16-7-8-17(25)23-19(16)26/h3-6,9,16H,7-8,10H2,1-2H3,(H,23,25,26). The van der Waals surface area contributed by atoms with Crippen molar-refractivity contribution >= 4 is 23.7 Å². The van der Waals surface area contributed by atoms with Crippen LogP contribution in [0.5, 0.6) is 0 Å². The number of nitrogens with one attached hydrogen (secondary N) is 1. The number of hydrogen-bond donors (Lipinski definition) is 1. The molecule has 2 aliphatic rings. The van der Waals surface area contributed by atoms with Gasteiger partial charge in [-0.05, 0) is 42.7 Å². The van der Waals surface area contributed by atoms with Gasteiger partial charge in [0, 0.05) is 24.1 Å². The quantitative estimate of drug-likeness (QED) is 0.627. The van der Waals surface area contributed by atoms with E-state index in [0.717, 1.165) is 11.1 Å². The molecule has 1 N–H and O–H groups in total. The molecule has 1 aromatic carbocycles. The van der Waals surface area contributed by atoms with Gasteiger partial charge in [0.1, 0.15) is 6.04 Å². The van der Waals surface area contributed by atoms with E-state index in [9.17, 15) is 19.2 Å². The molecule has 148 valence electrons. The number of amides is 3. The van der Waals surface area contributed by atoms with Crippen molar-refractivity contribution in [2.75, 3.05) is 7.11 Å². The number of rotatable bonds is 3. The highest BCUT2D eigenvalue weighted by Gasteiger charge is 2.39. The number of esters is 1. The Morgan fingerprint density at radius 2 is 2.00 bits per heavy atom. The van der Waals surface area contributed by atoms with Gasteiger partial charge in [0.05, 0.1) is 12.8 Å². The summed E-state index contributed by atoms with van der Waals surface area (Å²) < 4.78 is 4.78. The van der Waals surface area contributed by atoms with E-state index in [1.165, 1.54) is 12.0 Å². The first kappa shape index (κ1) is 18.8. The summed E-state index contributed by atoms with van der Waals surface area (Å²) in [5.41, 5.74) is 3.60. The van der Waals surface area contributed by atoms with Crippen molar-refractivity contribution < 1.29 is 23.9 Å². The summed E-state index contributed by atoms with van der Waals surface area (Å²) in [6.45, 7) is 2.06. The second-order valence-corrected chi connectivity index (χ2v) is 7.13. The van der Waals surface area contributed by atoms with Gasteiger partial charge in [-0.1, -0.05) is 12.1 Å². The van der Waals surface area contributed by atoms with Crippen molar-refractivity contribution in [3.05, 3.63) is 52.7 Å². The van der Waals surface area contributed by atoms with Gasteiger partial charge in [0.25, 0.3) is 5.91 Å². The minimum absolute atomic E-state index is 0.214. The minimum Gasteiger partial charge on any atom is -0.464 e. The zero-order valence-electron chi connectivity index (χ0n) is 16.0. The van der Waals surface area contributed by atoms with Crippen molar-refractivity contribution in [1.29, 1.82) is 0 Å². The molecule has 3 amide bonds. The zero-order valence-corrected chi connectivity index (χ0v) is 16.0. The van der Waals surface area contributed by atoms with Gasteiger partial charge < -0.3 is 9.64 Å². The number of ether oxygens (including phenoxy) is 1. The number of piperidine rings is 1. The van der Waals surface area contributed by atoms with Gasteiger partial charge in [0.15, 0.2) is 5.69 Å². The number of pyridine rings is 1. The largest absolute Gasteiger partial charge is 0.464 e. The van der Waals surface area contributed by atoms with E-state index in [-0.39, 0.29) is 30.5 Å². The molecule has 1 unspecified atom stereocenters. The average molecular weight is 393 g/mol. The molecule has 1 aromatic heterocycles. The smallest absolute Gasteiger partial charge is 0.356 e. The predicted molar refractivity (Wildman–Crippen MR) is 102 cm³/mol. The molecular weight excluding hydrogens is 374 g/mol. The Balaban J connectivity index is 1.64. The SMILES string of the molecule is COC(=O)c1nc(-c2ccc3c(c2)CN(C2CCC(=O)NC2=O)C3=O)ccc1C. The number of aryl methyl sites for hydroxylation is 1. The lowest BCUT2D eigenvalue weighted by atomic mass is 10.0. The summed E-state index contributed by atoms with van der Waals surface area (Å²) in [6, 6.07) is 8.26. The summed E-state index contributed by atoms with van der Waals surface area (Å²) in [5.74, 6) is -1.49. The summed E-state index contributed by atoms with van der Waals surface area (Å²) in [5, 5.41) is 2.29. The van der Waals surface area contributed by atoms with Crippen LogP contribution in [0.3, 0.4) is 0 Å². The zero-order chi connectivity index (χ0) is 20.7. The molecule has 1 fully saturated rings. The van der Waals surface area contributed by atoms with Crippen LogP contribution in [0.1, 0.15) is 44.8 Å². The Morgan fingerprint density at radius 3 is 2.72 bits per heavy atom. The molecule has 0 spiro atoms. The Hall–Kier alpha value is -3.55. The summed E-state index contributed by atoms with van der Waals surface area (Å²) in [4.78, 5) is 54.2. The second kappa shape index (κ2) is 7.12. The highest BCUT2D eigenvalue weighted by atomic mass is 16.5. The molecule has 2 aromatic rings. The number of fused-ring (bicyclic) bond motifs is 1. The van der Waals surface area contributed by atoms with Crippen LogP contribution in [-0.4, -0.2) is 46.7 Å². The monoisotopic (exact) mass is 393 g/mol. The lowest BCUT2D eigenvalue weighted by Crippen LogP contribution is -2.52. The number of carbonyl (C=O) groups excluding carboxylic acids is 4. The van der Waals surface area contributed by atoms with Crippen LogP contribution in [0.2, 0.25) is 0 Å². The van der Waals surface area contributed by atoms with E-state index in [0.29, 0.717) is 23.2 Å². The number of imide groups is 1. The Labute approximate surface area is 166 Å². The third-order valence-corrected chi connectivity index (χ3v) is 5.30. The third-order valence-electron chi connectivity index (χ3n) is 5.30. The molecule has 1 saturated heterocycles. The molecule has 4 rings (SSSR count). The van der Waals surface area contributed by atoms with Crippen LogP contribution in [0, 0.1) is 6.92 Å². The number of hydrogen-bond acceptors (Lipinski definition) is 6. The molecule has 1 atom stereocenters. The predicted octanol–water partition coefficient (Wildman–Crippen LogP) is 1.60. The van der Waals surface area contributed by atoms with E-state index < -0.39 is 17.9 Å².